The first-order valence-electron chi connectivity index (χ1n) is 9.70. The lowest BCUT2D eigenvalue weighted by atomic mass is 10.4. The SMILES string of the molecule is NCCCOCCC[P+](c1ccccc1)(c1ccccc1)c1ccccc1.[Cl-]. The van der Waals surface area contributed by atoms with Crippen LogP contribution in [-0.2, 0) is 4.74 Å². The second-order valence-electron chi connectivity index (χ2n) is 6.65. The molecule has 0 aromatic heterocycles. The molecule has 0 amide bonds. The monoisotopic (exact) mass is 413 g/mol. The third-order valence-electron chi connectivity index (χ3n) is 4.87. The molecule has 0 saturated carbocycles. The molecule has 2 N–H and O–H groups in total. The topological polar surface area (TPSA) is 35.2 Å². The van der Waals surface area contributed by atoms with Gasteiger partial charge in [-0.15, -0.1) is 0 Å². The van der Waals surface area contributed by atoms with Crippen LogP contribution in [0, 0.1) is 0 Å². The zero-order valence-electron chi connectivity index (χ0n) is 16.2. The van der Waals surface area contributed by atoms with Crippen LogP contribution in [0.3, 0.4) is 0 Å². The first kappa shape index (κ1) is 22.6. The number of hydrogen-bond donors (Lipinski definition) is 1. The van der Waals surface area contributed by atoms with Gasteiger partial charge in [0.25, 0.3) is 0 Å². The van der Waals surface area contributed by atoms with Crippen molar-refractivity contribution in [1.29, 1.82) is 0 Å². The van der Waals surface area contributed by atoms with Gasteiger partial charge in [0.2, 0.25) is 0 Å². The predicted molar refractivity (Wildman–Crippen MR) is 119 cm³/mol. The first-order chi connectivity index (χ1) is 13.4. The number of benzene rings is 3. The van der Waals surface area contributed by atoms with Crippen LogP contribution >= 0.6 is 7.26 Å². The fourth-order valence-electron chi connectivity index (χ4n) is 3.57. The smallest absolute Gasteiger partial charge is 0.112 e. The van der Waals surface area contributed by atoms with E-state index < -0.39 is 7.26 Å². The molecule has 0 bridgehead atoms. The molecule has 2 nitrogen and oxygen atoms in total. The van der Waals surface area contributed by atoms with Crippen LogP contribution in [-0.4, -0.2) is 25.9 Å². The molecule has 0 unspecified atom stereocenters. The highest BCUT2D eigenvalue weighted by Gasteiger charge is 2.44. The van der Waals surface area contributed by atoms with Gasteiger partial charge in [0.05, 0.1) is 12.8 Å². The maximum atomic E-state index is 5.81. The summed E-state index contributed by atoms with van der Waals surface area (Å²) < 4.78 is 5.81. The molecule has 3 aromatic carbocycles. The van der Waals surface area contributed by atoms with Gasteiger partial charge in [-0.3, -0.25) is 0 Å². The summed E-state index contributed by atoms with van der Waals surface area (Å²) in [6.07, 6.45) is 3.07. The van der Waals surface area contributed by atoms with Crippen molar-refractivity contribution in [3.05, 3.63) is 91.0 Å². The van der Waals surface area contributed by atoms with Gasteiger partial charge in [-0.2, -0.15) is 0 Å². The van der Waals surface area contributed by atoms with Crippen LogP contribution in [0.4, 0.5) is 0 Å². The Kier molecular flexibility index (Phi) is 9.67. The third kappa shape index (κ3) is 5.43. The summed E-state index contributed by atoms with van der Waals surface area (Å²) in [6, 6.07) is 33.0. The Hall–Kier alpha value is -1.70. The molecule has 3 aromatic rings. The number of nitrogens with two attached hydrogens (primary N) is 1. The van der Waals surface area contributed by atoms with E-state index in [1.165, 1.54) is 15.9 Å². The van der Waals surface area contributed by atoms with Gasteiger partial charge in [-0.25, -0.2) is 0 Å². The van der Waals surface area contributed by atoms with Crippen molar-refractivity contribution in [2.75, 3.05) is 25.9 Å². The van der Waals surface area contributed by atoms with E-state index >= 15 is 0 Å². The van der Waals surface area contributed by atoms with Crippen LogP contribution < -0.4 is 34.1 Å². The lowest BCUT2D eigenvalue weighted by Gasteiger charge is -2.27. The first-order valence-corrected chi connectivity index (χ1v) is 11.7. The Labute approximate surface area is 175 Å². The van der Waals surface area contributed by atoms with Crippen LogP contribution in [0.15, 0.2) is 91.0 Å². The molecule has 3 rings (SSSR count). The lowest BCUT2D eigenvalue weighted by Crippen LogP contribution is -3.00. The Morgan fingerprint density at radius 2 is 1.00 bits per heavy atom. The molecule has 0 radical (unpaired) electrons. The minimum absolute atomic E-state index is 0. The van der Waals surface area contributed by atoms with Gasteiger partial charge in [0.1, 0.15) is 23.2 Å². The van der Waals surface area contributed by atoms with Gasteiger partial charge in [0, 0.05) is 13.0 Å². The minimum atomic E-state index is -1.71. The van der Waals surface area contributed by atoms with E-state index in [1.54, 1.807) is 0 Å². The maximum Gasteiger partial charge on any atom is 0.112 e. The number of hydrogen-bond acceptors (Lipinski definition) is 2. The van der Waals surface area contributed by atoms with E-state index in [4.69, 9.17) is 10.5 Å². The Balaban J connectivity index is 0.00000280. The lowest BCUT2D eigenvalue weighted by molar-refractivity contribution is -0.00000616. The molecule has 0 heterocycles. The average molecular weight is 414 g/mol. The average Bonchev–Trinajstić information content (AvgIpc) is 2.75. The van der Waals surface area contributed by atoms with Crippen molar-refractivity contribution in [1.82, 2.24) is 0 Å². The van der Waals surface area contributed by atoms with E-state index in [-0.39, 0.29) is 12.4 Å². The molecule has 0 aliphatic rings. The predicted octanol–water partition coefficient (Wildman–Crippen LogP) is 0.740. The Morgan fingerprint density at radius 1 is 0.607 bits per heavy atom. The van der Waals surface area contributed by atoms with Crippen LogP contribution in [0.1, 0.15) is 12.8 Å². The minimum Gasteiger partial charge on any atom is -1.00 e. The normalized spacial score (nSPS) is 11.0. The summed E-state index contributed by atoms with van der Waals surface area (Å²) in [5.74, 6) is 0. The van der Waals surface area contributed by atoms with Crippen molar-refractivity contribution in [2.24, 2.45) is 5.73 Å². The standard InChI is InChI=1S/C24H29NOP.ClH/c25-18-10-19-26-20-11-21-27(22-12-4-1-5-13-22,23-14-6-2-7-15-23)24-16-8-3-9-17-24;/h1-9,12-17H,10-11,18-21,25H2;1H/q+1;/p-1. The Morgan fingerprint density at radius 3 is 1.39 bits per heavy atom. The Bertz CT molecular complexity index is 687. The van der Waals surface area contributed by atoms with E-state index in [2.05, 4.69) is 91.0 Å². The highest BCUT2D eigenvalue weighted by Crippen LogP contribution is 2.55. The molecule has 28 heavy (non-hydrogen) atoms. The van der Waals surface area contributed by atoms with Gasteiger partial charge < -0.3 is 22.9 Å². The molecule has 0 saturated heterocycles. The molecule has 148 valence electrons. The summed E-state index contributed by atoms with van der Waals surface area (Å²) in [4.78, 5) is 0. The molecular weight excluding hydrogens is 385 g/mol. The van der Waals surface area contributed by atoms with Crippen LogP contribution in [0.5, 0.6) is 0 Å². The van der Waals surface area contributed by atoms with Gasteiger partial charge in [-0.05, 0) is 49.4 Å². The highest BCUT2D eigenvalue weighted by molar-refractivity contribution is 7.95. The molecule has 0 spiro atoms. The summed E-state index contributed by atoms with van der Waals surface area (Å²) in [7, 11) is -1.71. The third-order valence-corrected chi connectivity index (χ3v) is 9.39. The molecular formula is C24H29ClNOP. The van der Waals surface area contributed by atoms with E-state index in [9.17, 15) is 0 Å². The summed E-state index contributed by atoms with van der Waals surface area (Å²) in [6.45, 7) is 2.23. The van der Waals surface area contributed by atoms with Gasteiger partial charge in [-0.1, -0.05) is 54.6 Å². The summed E-state index contributed by atoms with van der Waals surface area (Å²) in [5.41, 5.74) is 5.57. The van der Waals surface area contributed by atoms with E-state index in [0.29, 0.717) is 6.54 Å². The van der Waals surface area contributed by atoms with E-state index in [0.717, 1.165) is 32.2 Å². The summed E-state index contributed by atoms with van der Waals surface area (Å²) in [5, 5.41) is 4.30. The number of halogens is 1. The summed E-state index contributed by atoms with van der Waals surface area (Å²) >= 11 is 0. The second kappa shape index (κ2) is 12.0. The van der Waals surface area contributed by atoms with Crippen molar-refractivity contribution in [2.45, 2.75) is 12.8 Å². The molecule has 0 aliphatic carbocycles. The zero-order chi connectivity index (χ0) is 18.8. The highest BCUT2D eigenvalue weighted by atomic mass is 35.5. The maximum absolute atomic E-state index is 5.81. The van der Waals surface area contributed by atoms with E-state index in [1.807, 2.05) is 0 Å². The largest absolute Gasteiger partial charge is 1.00 e. The second-order valence-corrected chi connectivity index (χ2v) is 10.3. The van der Waals surface area contributed by atoms with Crippen molar-refractivity contribution >= 4 is 23.2 Å². The molecule has 0 atom stereocenters. The van der Waals surface area contributed by atoms with Crippen molar-refractivity contribution in [3.63, 3.8) is 0 Å². The number of ether oxygens (including phenoxy) is 1. The molecule has 0 fully saturated rings. The molecule has 4 heteroatoms. The fraction of sp³-hybridized carbons (Fsp3) is 0.250. The van der Waals surface area contributed by atoms with Crippen LogP contribution in [0.2, 0.25) is 0 Å². The fourth-order valence-corrected chi connectivity index (χ4v) is 7.89. The quantitative estimate of drug-likeness (QED) is 0.393. The van der Waals surface area contributed by atoms with Crippen LogP contribution in [0.25, 0.3) is 0 Å². The number of rotatable bonds is 10. The van der Waals surface area contributed by atoms with Crippen molar-refractivity contribution < 1.29 is 17.1 Å². The van der Waals surface area contributed by atoms with Gasteiger partial charge in [0.15, 0.2) is 0 Å². The van der Waals surface area contributed by atoms with Gasteiger partial charge >= 0.3 is 0 Å². The molecule has 0 aliphatic heterocycles. The zero-order valence-corrected chi connectivity index (χ0v) is 17.9. The van der Waals surface area contributed by atoms with Crippen molar-refractivity contribution in [3.8, 4) is 0 Å².